The van der Waals surface area contributed by atoms with Crippen LogP contribution in [0.25, 0.3) is 0 Å². The number of nitrogens with one attached hydrogen (secondary N) is 1. The zero-order valence-electron chi connectivity index (χ0n) is 14.7. The molecule has 0 saturated carbocycles. The third kappa shape index (κ3) is 4.46. The molecule has 3 rings (SSSR count). The Bertz CT molecular complexity index is 683. The molecule has 0 amide bonds. The van der Waals surface area contributed by atoms with Crippen LogP contribution < -0.4 is 10.2 Å². The van der Waals surface area contributed by atoms with E-state index in [-0.39, 0.29) is 17.4 Å². The Morgan fingerprint density at radius 2 is 2.08 bits per heavy atom. The molecule has 25 heavy (non-hydrogen) atoms. The summed E-state index contributed by atoms with van der Waals surface area (Å²) in [6.45, 7) is 5.81. The average molecular weight is 369 g/mol. The molecule has 8 nitrogen and oxygen atoms in total. The van der Waals surface area contributed by atoms with Gasteiger partial charge in [-0.25, -0.2) is 18.4 Å². The number of hydrogen-bond donors (Lipinski definition) is 2. The molecular formula is C16H27N5O3S. The molecule has 2 N–H and O–H groups in total. The van der Waals surface area contributed by atoms with Gasteiger partial charge in [-0.2, -0.15) is 0 Å². The van der Waals surface area contributed by atoms with Crippen LogP contribution in [0.4, 0.5) is 5.95 Å². The summed E-state index contributed by atoms with van der Waals surface area (Å²) in [6, 6.07) is 0. The summed E-state index contributed by atoms with van der Waals surface area (Å²) in [5.41, 5.74) is 0.650. The maximum Gasteiger partial charge on any atom is 0.225 e. The molecular weight excluding hydrogens is 342 g/mol. The largest absolute Gasteiger partial charge is 0.395 e. The molecule has 2 aliphatic rings. The van der Waals surface area contributed by atoms with Crippen molar-refractivity contribution >= 4 is 15.8 Å². The lowest BCUT2D eigenvalue weighted by molar-refractivity contribution is 0.188. The van der Waals surface area contributed by atoms with Crippen LogP contribution in [0.15, 0.2) is 11.1 Å². The lowest BCUT2D eigenvalue weighted by Crippen LogP contribution is -2.47. The number of hydrogen-bond acceptors (Lipinski definition) is 8. The van der Waals surface area contributed by atoms with Crippen LogP contribution >= 0.6 is 0 Å². The van der Waals surface area contributed by atoms with Crippen molar-refractivity contribution in [3.8, 4) is 0 Å². The van der Waals surface area contributed by atoms with E-state index < -0.39 is 9.84 Å². The van der Waals surface area contributed by atoms with Gasteiger partial charge in [-0.1, -0.05) is 0 Å². The molecule has 140 valence electrons. The number of piperazine rings is 1. The SMILES string of the molecule is CS(=O)(=O)c1cnc(N2CCN(CCO)CC2)nc1C1CCCNC1. The van der Waals surface area contributed by atoms with Gasteiger partial charge in [-0.3, -0.25) is 4.90 Å². The van der Waals surface area contributed by atoms with Gasteiger partial charge < -0.3 is 15.3 Å². The predicted octanol–water partition coefficient (Wildman–Crippen LogP) is -0.539. The highest BCUT2D eigenvalue weighted by atomic mass is 32.2. The Morgan fingerprint density at radius 3 is 2.68 bits per heavy atom. The first-order valence-electron chi connectivity index (χ1n) is 8.85. The van der Waals surface area contributed by atoms with Gasteiger partial charge in [0.1, 0.15) is 4.90 Å². The van der Waals surface area contributed by atoms with Crippen molar-refractivity contribution in [3.05, 3.63) is 11.9 Å². The number of β-amino-alcohol motifs (C(OH)–C–C–N with tert-alkyl or cyclic N) is 1. The fraction of sp³-hybridized carbons (Fsp3) is 0.750. The predicted molar refractivity (Wildman–Crippen MR) is 95.7 cm³/mol. The van der Waals surface area contributed by atoms with Crippen molar-refractivity contribution < 1.29 is 13.5 Å². The molecule has 0 aromatic carbocycles. The molecule has 2 aliphatic heterocycles. The lowest BCUT2D eigenvalue weighted by atomic mass is 9.96. The molecule has 3 heterocycles. The molecule has 0 radical (unpaired) electrons. The van der Waals surface area contributed by atoms with Crippen molar-refractivity contribution in [3.63, 3.8) is 0 Å². The zero-order valence-corrected chi connectivity index (χ0v) is 15.5. The van der Waals surface area contributed by atoms with Gasteiger partial charge in [0.05, 0.1) is 18.5 Å². The summed E-state index contributed by atoms with van der Waals surface area (Å²) in [7, 11) is -3.35. The van der Waals surface area contributed by atoms with Gasteiger partial charge in [0.2, 0.25) is 5.95 Å². The van der Waals surface area contributed by atoms with Crippen molar-refractivity contribution in [1.82, 2.24) is 20.2 Å². The minimum absolute atomic E-state index is 0.107. The zero-order chi connectivity index (χ0) is 17.9. The van der Waals surface area contributed by atoms with E-state index in [2.05, 4.69) is 25.1 Å². The summed E-state index contributed by atoms with van der Waals surface area (Å²) in [4.78, 5) is 13.6. The molecule has 2 saturated heterocycles. The first kappa shape index (κ1) is 18.5. The summed E-state index contributed by atoms with van der Waals surface area (Å²) < 4.78 is 24.3. The Morgan fingerprint density at radius 1 is 1.32 bits per heavy atom. The molecule has 1 aromatic rings. The molecule has 9 heteroatoms. The molecule has 2 fully saturated rings. The fourth-order valence-corrected chi connectivity index (χ4v) is 4.34. The average Bonchev–Trinajstić information content (AvgIpc) is 2.62. The minimum atomic E-state index is -3.35. The molecule has 0 bridgehead atoms. The highest BCUT2D eigenvalue weighted by molar-refractivity contribution is 7.90. The second-order valence-electron chi connectivity index (χ2n) is 6.79. The van der Waals surface area contributed by atoms with Crippen LogP contribution in [0.5, 0.6) is 0 Å². The highest BCUT2D eigenvalue weighted by Crippen LogP contribution is 2.28. The first-order valence-corrected chi connectivity index (χ1v) is 10.7. The fourth-order valence-electron chi connectivity index (χ4n) is 3.50. The summed E-state index contributed by atoms with van der Waals surface area (Å²) in [6.07, 6.45) is 4.66. The summed E-state index contributed by atoms with van der Waals surface area (Å²) >= 11 is 0. The van der Waals surface area contributed by atoms with Gasteiger partial charge in [0.15, 0.2) is 9.84 Å². The third-order valence-corrected chi connectivity index (χ3v) is 6.04. The smallest absolute Gasteiger partial charge is 0.225 e. The minimum Gasteiger partial charge on any atom is -0.395 e. The molecule has 0 spiro atoms. The van der Waals surface area contributed by atoms with Crippen LogP contribution in [-0.2, 0) is 9.84 Å². The Balaban J connectivity index is 1.84. The van der Waals surface area contributed by atoms with Crippen LogP contribution in [-0.4, -0.2) is 87.1 Å². The Labute approximate surface area is 149 Å². The molecule has 1 unspecified atom stereocenters. The summed E-state index contributed by atoms with van der Waals surface area (Å²) in [5.74, 6) is 0.715. The van der Waals surface area contributed by atoms with Gasteiger partial charge in [0, 0.05) is 51.4 Å². The van der Waals surface area contributed by atoms with E-state index in [9.17, 15) is 8.42 Å². The maximum absolute atomic E-state index is 12.2. The number of aliphatic hydroxyl groups excluding tert-OH is 1. The van der Waals surface area contributed by atoms with Crippen LogP contribution in [0.2, 0.25) is 0 Å². The number of aromatic nitrogens is 2. The number of piperidine rings is 1. The van der Waals surface area contributed by atoms with Crippen LogP contribution in [0.1, 0.15) is 24.5 Å². The Kier molecular flexibility index (Phi) is 5.88. The van der Waals surface area contributed by atoms with E-state index in [1.54, 1.807) is 0 Å². The van der Waals surface area contributed by atoms with Gasteiger partial charge >= 0.3 is 0 Å². The highest BCUT2D eigenvalue weighted by Gasteiger charge is 2.27. The number of nitrogens with zero attached hydrogens (tertiary/aromatic N) is 4. The molecule has 1 aromatic heterocycles. The number of anilines is 1. The summed E-state index contributed by atoms with van der Waals surface area (Å²) in [5, 5.41) is 12.4. The number of aliphatic hydroxyl groups is 1. The quantitative estimate of drug-likeness (QED) is 0.714. The van der Waals surface area contributed by atoms with Crippen LogP contribution in [0, 0.1) is 0 Å². The van der Waals surface area contributed by atoms with Crippen molar-refractivity contribution in [1.29, 1.82) is 0 Å². The Hall–Kier alpha value is -1.29. The van der Waals surface area contributed by atoms with E-state index in [0.717, 1.165) is 52.1 Å². The lowest BCUT2D eigenvalue weighted by Gasteiger charge is -2.34. The van der Waals surface area contributed by atoms with Gasteiger partial charge in [-0.05, 0) is 19.4 Å². The molecule has 1 atom stereocenters. The second kappa shape index (κ2) is 7.94. The standard InChI is InChI=1S/C16H27N5O3S/c1-25(23,24)14-12-18-16(19-15(14)13-3-2-4-17-11-13)21-7-5-20(6-8-21)9-10-22/h12-13,17,22H,2-11H2,1H3. The van der Waals surface area contributed by atoms with Crippen molar-refractivity contribution in [2.75, 3.05) is 63.6 Å². The number of rotatable bonds is 5. The van der Waals surface area contributed by atoms with E-state index in [1.165, 1.54) is 12.5 Å². The van der Waals surface area contributed by atoms with Gasteiger partial charge in [-0.15, -0.1) is 0 Å². The first-order chi connectivity index (χ1) is 12.0. The van der Waals surface area contributed by atoms with E-state index in [0.29, 0.717) is 18.2 Å². The van der Waals surface area contributed by atoms with Crippen molar-refractivity contribution in [2.45, 2.75) is 23.7 Å². The van der Waals surface area contributed by atoms with Gasteiger partial charge in [0.25, 0.3) is 0 Å². The maximum atomic E-state index is 12.2. The van der Waals surface area contributed by atoms with Crippen LogP contribution in [0.3, 0.4) is 0 Å². The third-order valence-electron chi connectivity index (χ3n) is 4.92. The van der Waals surface area contributed by atoms with E-state index >= 15 is 0 Å². The van der Waals surface area contributed by atoms with Crippen molar-refractivity contribution in [2.24, 2.45) is 0 Å². The monoisotopic (exact) mass is 369 g/mol. The van der Waals surface area contributed by atoms with E-state index in [4.69, 9.17) is 5.11 Å². The normalized spacial score (nSPS) is 23.0. The topological polar surface area (TPSA) is 98.7 Å². The number of sulfone groups is 1. The second-order valence-corrected chi connectivity index (χ2v) is 8.77. The molecule has 0 aliphatic carbocycles. The van der Waals surface area contributed by atoms with E-state index in [1.807, 2.05) is 0 Å².